The van der Waals surface area contributed by atoms with E-state index in [2.05, 4.69) is 43.4 Å². The molecule has 0 aliphatic carbocycles. The zero-order valence-corrected chi connectivity index (χ0v) is 15.4. The predicted octanol–water partition coefficient (Wildman–Crippen LogP) is 4.72. The minimum atomic E-state index is -0.437. The lowest BCUT2D eigenvalue weighted by Gasteiger charge is -2.01. The largest absolute Gasteiger partial charge is 0.358 e. The lowest BCUT2D eigenvalue weighted by molar-refractivity contribution is -0.384. The van der Waals surface area contributed by atoms with Gasteiger partial charge in [0, 0.05) is 18.7 Å². The summed E-state index contributed by atoms with van der Waals surface area (Å²) in [5.74, 6) is 0.659. The molecule has 5 nitrogen and oxygen atoms in total. The number of nitro benzene ring substituents is 1. The molecule has 0 spiro atoms. The highest BCUT2D eigenvalue weighted by molar-refractivity contribution is 5.45. The SMILES string of the molecule is CC.CC(C)c1ccccc1.O=CNCCc1ccc([N+](=O)[O-])cc1. The second-order valence-electron chi connectivity index (χ2n) is 5.31. The molecular weight excluding hydrogens is 316 g/mol. The normalized spacial score (nSPS) is 9.16. The van der Waals surface area contributed by atoms with Crippen LogP contribution in [0.4, 0.5) is 5.69 Å². The summed E-state index contributed by atoms with van der Waals surface area (Å²) >= 11 is 0. The van der Waals surface area contributed by atoms with E-state index < -0.39 is 4.92 Å². The first-order valence-corrected chi connectivity index (χ1v) is 8.50. The Morgan fingerprint density at radius 3 is 2.00 bits per heavy atom. The number of hydrogen-bond acceptors (Lipinski definition) is 3. The van der Waals surface area contributed by atoms with E-state index >= 15 is 0 Å². The van der Waals surface area contributed by atoms with Gasteiger partial charge < -0.3 is 5.32 Å². The van der Waals surface area contributed by atoms with E-state index in [0.717, 1.165) is 5.56 Å². The molecule has 5 heteroatoms. The van der Waals surface area contributed by atoms with E-state index in [0.29, 0.717) is 25.3 Å². The number of carbonyl (C=O) groups excluding carboxylic acids is 1. The Kier molecular flexibility index (Phi) is 12.2. The van der Waals surface area contributed by atoms with Gasteiger partial charge in [-0.2, -0.15) is 0 Å². The molecule has 0 heterocycles. The van der Waals surface area contributed by atoms with Crippen molar-refractivity contribution in [3.63, 3.8) is 0 Å². The van der Waals surface area contributed by atoms with Crippen molar-refractivity contribution in [1.29, 1.82) is 0 Å². The average Bonchev–Trinajstić information content (AvgIpc) is 2.65. The fourth-order valence-corrected chi connectivity index (χ4v) is 1.90. The maximum atomic E-state index is 10.3. The van der Waals surface area contributed by atoms with Gasteiger partial charge in [-0.25, -0.2) is 0 Å². The van der Waals surface area contributed by atoms with Crippen molar-refractivity contribution < 1.29 is 9.72 Å². The minimum absolute atomic E-state index is 0.0806. The van der Waals surface area contributed by atoms with Crippen LogP contribution in [0.5, 0.6) is 0 Å². The highest BCUT2D eigenvalue weighted by atomic mass is 16.6. The molecule has 1 amide bonds. The van der Waals surface area contributed by atoms with Gasteiger partial charge >= 0.3 is 0 Å². The van der Waals surface area contributed by atoms with Gasteiger partial charge in [0.05, 0.1) is 4.92 Å². The number of carbonyl (C=O) groups is 1. The van der Waals surface area contributed by atoms with Crippen molar-refractivity contribution in [2.75, 3.05) is 6.54 Å². The molecule has 0 aliphatic rings. The fraction of sp³-hybridized carbons (Fsp3) is 0.350. The van der Waals surface area contributed by atoms with Gasteiger partial charge in [-0.05, 0) is 23.5 Å². The molecule has 0 saturated heterocycles. The van der Waals surface area contributed by atoms with Crippen molar-refractivity contribution in [3.8, 4) is 0 Å². The Morgan fingerprint density at radius 1 is 1.04 bits per heavy atom. The quantitative estimate of drug-likeness (QED) is 0.357. The van der Waals surface area contributed by atoms with E-state index in [-0.39, 0.29) is 5.69 Å². The van der Waals surface area contributed by atoms with Crippen molar-refractivity contribution in [2.24, 2.45) is 0 Å². The molecule has 0 bridgehead atoms. The third-order valence-corrected chi connectivity index (χ3v) is 3.25. The summed E-state index contributed by atoms with van der Waals surface area (Å²) in [4.78, 5) is 19.8. The Labute approximate surface area is 150 Å². The molecule has 25 heavy (non-hydrogen) atoms. The number of hydrogen-bond donors (Lipinski definition) is 1. The van der Waals surface area contributed by atoms with Gasteiger partial charge in [-0.15, -0.1) is 0 Å². The lowest BCUT2D eigenvalue weighted by Crippen LogP contribution is -2.14. The first kappa shape index (κ1) is 22.3. The Morgan fingerprint density at radius 2 is 1.60 bits per heavy atom. The number of nitro groups is 1. The van der Waals surface area contributed by atoms with Gasteiger partial charge in [0.15, 0.2) is 0 Å². The summed E-state index contributed by atoms with van der Waals surface area (Å²) in [6.07, 6.45) is 1.31. The molecule has 136 valence electrons. The van der Waals surface area contributed by atoms with Crippen LogP contribution in [0, 0.1) is 10.1 Å². The molecule has 2 rings (SSSR count). The molecule has 0 aliphatic heterocycles. The lowest BCUT2D eigenvalue weighted by atomic mass is 10.0. The molecule has 1 N–H and O–H groups in total. The van der Waals surface area contributed by atoms with Gasteiger partial charge in [0.2, 0.25) is 6.41 Å². The number of rotatable bonds is 6. The maximum absolute atomic E-state index is 10.3. The number of non-ortho nitro benzene ring substituents is 1. The average molecular weight is 344 g/mol. The van der Waals surface area contributed by atoms with Crippen LogP contribution in [-0.2, 0) is 11.2 Å². The third kappa shape index (κ3) is 9.91. The van der Waals surface area contributed by atoms with Crippen LogP contribution in [0.3, 0.4) is 0 Å². The molecule has 0 aromatic heterocycles. The Bertz CT molecular complexity index is 596. The molecule has 0 atom stereocenters. The standard InChI is InChI=1S/C9H10N2O3.C9H12.C2H6/c12-7-10-6-5-8-1-3-9(4-2-8)11(13)14;1-8(2)9-6-4-3-5-7-9;1-2/h1-4,7H,5-6H2,(H,10,12);3-8H,1-2H3;1-2H3. The van der Waals surface area contributed by atoms with Crippen LogP contribution in [-0.4, -0.2) is 17.9 Å². The highest BCUT2D eigenvalue weighted by Crippen LogP contribution is 2.12. The van der Waals surface area contributed by atoms with Crippen LogP contribution in [0.15, 0.2) is 54.6 Å². The molecule has 0 fully saturated rings. The molecule has 2 aromatic carbocycles. The number of nitrogens with zero attached hydrogens (tertiary/aromatic N) is 1. The second kappa shape index (κ2) is 13.7. The second-order valence-corrected chi connectivity index (χ2v) is 5.31. The minimum Gasteiger partial charge on any atom is -0.358 e. The van der Waals surface area contributed by atoms with Crippen molar-refractivity contribution in [1.82, 2.24) is 5.32 Å². The van der Waals surface area contributed by atoms with Gasteiger partial charge in [-0.3, -0.25) is 14.9 Å². The summed E-state index contributed by atoms with van der Waals surface area (Å²) < 4.78 is 0. The molecule has 0 unspecified atom stereocenters. The molecule has 0 radical (unpaired) electrons. The predicted molar refractivity (Wildman–Crippen MR) is 103 cm³/mol. The first-order chi connectivity index (χ1) is 12.0. The summed E-state index contributed by atoms with van der Waals surface area (Å²) in [7, 11) is 0. The van der Waals surface area contributed by atoms with Crippen molar-refractivity contribution >= 4 is 12.1 Å². The monoisotopic (exact) mass is 344 g/mol. The Hall–Kier alpha value is -2.69. The summed E-state index contributed by atoms with van der Waals surface area (Å²) in [5.41, 5.74) is 2.46. The van der Waals surface area contributed by atoms with Gasteiger partial charge in [0.1, 0.15) is 0 Å². The van der Waals surface area contributed by atoms with Crippen LogP contribution in [0.25, 0.3) is 0 Å². The number of benzene rings is 2. The highest BCUT2D eigenvalue weighted by Gasteiger charge is 2.03. The van der Waals surface area contributed by atoms with E-state index in [1.54, 1.807) is 12.1 Å². The van der Waals surface area contributed by atoms with E-state index in [1.807, 2.05) is 19.9 Å². The van der Waals surface area contributed by atoms with Crippen molar-refractivity contribution in [2.45, 2.75) is 40.0 Å². The third-order valence-electron chi connectivity index (χ3n) is 3.25. The maximum Gasteiger partial charge on any atom is 0.269 e. The topological polar surface area (TPSA) is 72.2 Å². The zero-order valence-electron chi connectivity index (χ0n) is 15.4. The Balaban J connectivity index is 0.000000451. The van der Waals surface area contributed by atoms with E-state index in [1.165, 1.54) is 17.7 Å². The van der Waals surface area contributed by atoms with Crippen LogP contribution in [0.1, 0.15) is 44.7 Å². The summed E-state index contributed by atoms with van der Waals surface area (Å²) in [5, 5.41) is 12.8. The smallest absolute Gasteiger partial charge is 0.269 e. The first-order valence-electron chi connectivity index (χ1n) is 8.50. The number of nitrogens with one attached hydrogen (secondary N) is 1. The number of amides is 1. The van der Waals surface area contributed by atoms with Crippen LogP contribution < -0.4 is 5.32 Å². The molecular formula is C20H28N2O3. The summed E-state index contributed by atoms with van der Waals surface area (Å²) in [6, 6.07) is 16.8. The zero-order chi connectivity index (χ0) is 19.1. The molecule has 2 aromatic rings. The fourth-order valence-electron chi connectivity index (χ4n) is 1.90. The molecule has 0 saturated carbocycles. The van der Waals surface area contributed by atoms with Gasteiger partial charge in [0.25, 0.3) is 5.69 Å². The van der Waals surface area contributed by atoms with Crippen LogP contribution >= 0.6 is 0 Å². The summed E-state index contributed by atoms with van der Waals surface area (Å²) in [6.45, 7) is 8.95. The van der Waals surface area contributed by atoms with E-state index in [9.17, 15) is 14.9 Å². The van der Waals surface area contributed by atoms with E-state index in [4.69, 9.17) is 0 Å². The van der Waals surface area contributed by atoms with Crippen molar-refractivity contribution in [3.05, 3.63) is 75.8 Å². The van der Waals surface area contributed by atoms with Gasteiger partial charge in [-0.1, -0.05) is 70.2 Å². The van der Waals surface area contributed by atoms with Crippen LogP contribution in [0.2, 0.25) is 0 Å².